The van der Waals surface area contributed by atoms with Crippen LogP contribution in [0.25, 0.3) is 0 Å². The molecule has 0 saturated heterocycles. The van der Waals surface area contributed by atoms with Gasteiger partial charge in [0.2, 0.25) is 21.8 Å². The van der Waals surface area contributed by atoms with E-state index in [9.17, 15) is 18.0 Å². The monoisotopic (exact) mass is 541 g/mol. The van der Waals surface area contributed by atoms with Gasteiger partial charge < -0.3 is 10.2 Å². The molecule has 0 fully saturated rings. The number of carbonyl (C=O) groups is 2. The minimum absolute atomic E-state index is 0.0552. The molecule has 0 aromatic heterocycles. The molecule has 0 spiro atoms. The Morgan fingerprint density at radius 2 is 1.69 bits per heavy atom. The number of carbonyl (C=O) groups excluding carboxylic acids is 2. The van der Waals surface area contributed by atoms with Crippen LogP contribution in [0.3, 0.4) is 0 Å². The van der Waals surface area contributed by atoms with Crippen LogP contribution < -0.4 is 9.62 Å². The molecule has 0 unspecified atom stereocenters. The van der Waals surface area contributed by atoms with E-state index in [2.05, 4.69) is 5.32 Å². The summed E-state index contributed by atoms with van der Waals surface area (Å²) in [5.41, 5.74) is 1.11. The van der Waals surface area contributed by atoms with Crippen molar-refractivity contribution in [2.24, 2.45) is 0 Å². The lowest BCUT2D eigenvalue weighted by Gasteiger charge is -2.33. The van der Waals surface area contributed by atoms with Gasteiger partial charge in [-0.05, 0) is 49.9 Å². The highest BCUT2D eigenvalue weighted by Gasteiger charge is 2.32. The molecule has 35 heavy (non-hydrogen) atoms. The van der Waals surface area contributed by atoms with Crippen LogP contribution in [0.4, 0.5) is 5.69 Å². The molecular formula is C25H33Cl2N3O4S. The molecule has 2 rings (SSSR count). The van der Waals surface area contributed by atoms with Crippen molar-refractivity contribution in [1.29, 1.82) is 0 Å². The minimum Gasteiger partial charge on any atom is -0.352 e. The smallest absolute Gasteiger partial charge is 0.244 e. The van der Waals surface area contributed by atoms with E-state index < -0.39 is 28.5 Å². The summed E-state index contributed by atoms with van der Waals surface area (Å²) in [4.78, 5) is 28.2. The SMILES string of the molecule is CC[C@H](C(=O)N[C@@H](C)CC)N(CCc1ccccc1)C(=O)CN(c1cc(Cl)ccc1Cl)S(C)(=O)=O. The summed E-state index contributed by atoms with van der Waals surface area (Å²) >= 11 is 12.3. The first-order valence-electron chi connectivity index (χ1n) is 11.5. The zero-order valence-corrected chi connectivity index (χ0v) is 22.8. The Morgan fingerprint density at radius 1 is 1.03 bits per heavy atom. The third kappa shape index (κ3) is 8.40. The molecule has 2 aromatic carbocycles. The molecule has 0 radical (unpaired) electrons. The van der Waals surface area contributed by atoms with Crippen LogP contribution >= 0.6 is 23.2 Å². The number of anilines is 1. The van der Waals surface area contributed by atoms with Crippen LogP contribution in [0.2, 0.25) is 10.0 Å². The first-order valence-corrected chi connectivity index (χ1v) is 14.1. The van der Waals surface area contributed by atoms with Crippen LogP contribution in [0, 0.1) is 0 Å². The Morgan fingerprint density at radius 3 is 2.26 bits per heavy atom. The number of nitrogens with one attached hydrogen (secondary N) is 1. The molecule has 0 aliphatic heterocycles. The number of amides is 2. The van der Waals surface area contributed by atoms with Crippen molar-refractivity contribution < 1.29 is 18.0 Å². The van der Waals surface area contributed by atoms with Crippen molar-refractivity contribution >= 4 is 50.7 Å². The van der Waals surface area contributed by atoms with Crippen molar-refractivity contribution in [1.82, 2.24) is 10.2 Å². The average molecular weight is 543 g/mol. The van der Waals surface area contributed by atoms with Gasteiger partial charge in [0.25, 0.3) is 0 Å². The average Bonchev–Trinajstić information content (AvgIpc) is 2.81. The Labute approximate surface area is 218 Å². The zero-order valence-electron chi connectivity index (χ0n) is 20.5. The van der Waals surface area contributed by atoms with Gasteiger partial charge in [0.15, 0.2) is 0 Å². The maximum absolute atomic E-state index is 13.6. The molecule has 2 atom stereocenters. The minimum atomic E-state index is -3.89. The normalized spacial score (nSPS) is 13.1. The summed E-state index contributed by atoms with van der Waals surface area (Å²) in [6.45, 7) is 5.42. The van der Waals surface area contributed by atoms with Crippen LogP contribution in [0.15, 0.2) is 48.5 Å². The number of sulfonamides is 1. The van der Waals surface area contributed by atoms with Gasteiger partial charge in [0, 0.05) is 17.6 Å². The van der Waals surface area contributed by atoms with E-state index in [-0.39, 0.29) is 34.2 Å². The highest BCUT2D eigenvalue weighted by Crippen LogP contribution is 2.30. The highest BCUT2D eigenvalue weighted by atomic mass is 35.5. The zero-order chi connectivity index (χ0) is 26.2. The first-order chi connectivity index (χ1) is 16.5. The fourth-order valence-corrected chi connectivity index (χ4v) is 4.90. The summed E-state index contributed by atoms with van der Waals surface area (Å²) < 4.78 is 26.3. The molecule has 192 valence electrons. The second-order valence-corrected chi connectivity index (χ2v) is 11.2. The van der Waals surface area contributed by atoms with Gasteiger partial charge >= 0.3 is 0 Å². The topological polar surface area (TPSA) is 86.8 Å². The summed E-state index contributed by atoms with van der Waals surface area (Å²) in [5.74, 6) is -0.775. The number of nitrogens with zero attached hydrogens (tertiary/aromatic N) is 2. The Hall–Kier alpha value is -2.29. The summed E-state index contributed by atoms with van der Waals surface area (Å²) in [6.07, 6.45) is 2.63. The maximum atomic E-state index is 13.6. The van der Waals surface area contributed by atoms with Gasteiger partial charge in [0.05, 0.1) is 17.0 Å². The number of hydrogen-bond acceptors (Lipinski definition) is 4. The molecule has 7 nitrogen and oxygen atoms in total. The molecule has 0 aliphatic carbocycles. The number of benzene rings is 2. The standard InChI is InChI=1S/C25H33Cl2N3O4S/c1-5-18(3)28-25(32)22(6-2)29(15-14-19-10-8-7-9-11-19)24(31)17-30(35(4,33)34)23-16-20(26)12-13-21(23)27/h7-13,16,18,22H,5-6,14-15,17H2,1-4H3,(H,28,32)/t18-,22+/m0/s1. The van der Waals surface area contributed by atoms with Crippen LogP contribution in [0.5, 0.6) is 0 Å². The van der Waals surface area contributed by atoms with Gasteiger partial charge in [-0.25, -0.2) is 8.42 Å². The molecular weight excluding hydrogens is 509 g/mol. The van der Waals surface area contributed by atoms with Crippen molar-refractivity contribution in [3.8, 4) is 0 Å². The highest BCUT2D eigenvalue weighted by molar-refractivity contribution is 7.92. The molecule has 10 heteroatoms. The van der Waals surface area contributed by atoms with Crippen LogP contribution in [-0.2, 0) is 26.0 Å². The van der Waals surface area contributed by atoms with Crippen molar-refractivity contribution in [3.05, 3.63) is 64.1 Å². The third-order valence-electron chi connectivity index (χ3n) is 5.73. The second-order valence-electron chi connectivity index (χ2n) is 8.43. The van der Waals surface area contributed by atoms with E-state index in [1.807, 2.05) is 51.1 Å². The molecule has 2 aromatic rings. The fourth-order valence-electron chi connectivity index (χ4n) is 3.61. The lowest BCUT2D eigenvalue weighted by molar-refractivity contribution is -0.139. The van der Waals surface area contributed by atoms with E-state index in [0.29, 0.717) is 12.8 Å². The molecule has 0 bridgehead atoms. The lowest BCUT2D eigenvalue weighted by Crippen LogP contribution is -2.54. The Kier molecular flexibility index (Phi) is 10.9. The number of rotatable bonds is 12. The number of hydrogen-bond donors (Lipinski definition) is 1. The van der Waals surface area contributed by atoms with Gasteiger partial charge in [-0.1, -0.05) is 67.4 Å². The summed E-state index contributed by atoms with van der Waals surface area (Å²) in [5, 5.41) is 3.37. The van der Waals surface area contributed by atoms with Crippen LogP contribution in [0.1, 0.15) is 39.2 Å². The molecule has 0 saturated carbocycles. The van der Waals surface area contributed by atoms with Gasteiger partial charge in [-0.3, -0.25) is 13.9 Å². The van der Waals surface area contributed by atoms with E-state index in [1.165, 1.54) is 23.1 Å². The predicted molar refractivity (Wildman–Crippen MR) is 142 cm³/mol. The van der Waals surface area contributed by atoms with Gasteiger partial charge in [-0.15, -0.1) is 0 Å². The van der Waals surface area contributed by atoms with Crippen molar-refractivity contribution in [3.63, 3.8) is 0 Å². The second kappa shape index (κ2) is 13.1. The first kappa shape index (κ1) is 28.9. The van der Waals surface area contributed by atoms with Crippen LogP contribution in [-0.4, -0.2) is 56.6 Å². The van der Waals surface area contributed by atoms with Crippen molar-refractivity contribution in [2.75, 3.05) is 23.7 Å². The van der Waals surface area contributed by atoms with E-state index in [4.69, 9.17) is 23.2 Å². The van der Waals surface area contributed by atoms with E-state index in [0.717, 1.165) is 22.5 Å². The quantitative estimate of drug-likeness (QED) is 0.427. The summed E-state index contributed by atoms with van der Waals surface area (Å²) in [6, 6.07) is 13.2. The van der Waals surface area contributed by atoms with E-state index in [1.54, 1.807) is 0 Å². The summed E-state index contributed by atoms with van der Waals surface area (Å²) in [7, 11) is -3.89. The molecule has 1 N–H and O–H groups in total. The van der Waals surface area contributed by atoms with Gasteiger partial charge in [-0.2, -0.15) is 0 Å². The Bertz CT molecular complexity index is 1110. The van der Waals surface area contributed by atoms with Crippen molar-refractivity contribution in [2.45, 2.75) is 52.1 Å². The molecule has 0 aliphatic rings. The Balaban J connectivity index is 2.40. The predicted octanol–water partition coefficient (Wildman–Crippen LogP) is 4.52. The third-order valence-corrected chi connectivity index (χ3v) is 7.41. The fraction of sp³-hybridized carbons (Fsp3) is 0.440. The van der Waals surface area contributed by atoms with E-state index >= 15 is 0 Å². The maximum Gasteiger partial charge on any atom is 0.244 e. The lowest BCUT2D eigenvalue weighted by atomic mass is 10.1. The molecule has 2 amide bonds. The largest absolute Gasteiger partial charge is 0.352 e. The molecule has 0 heterocycles. The van der Waals surface area contributed by atoms with Gasteiger partial charge in [0.1, 0.15) is 12.6 Å². The number of halogens is 2.